The summed E-state index contributed by atoms with van der Waals surface area (Å²) in [7, 11) is 5.41. The molecule has 1 aliphatic heterocycles. The molecule has 0 aliphatic carbocycles. The molecule has 0 bridgehead atoms. The predicted octanol–water partition coefficient (Wildman–Crippen LogP) is 0.736. The number of fused-ring (bicyclic) bond motifs is 1. The van der Waals surface area contributed by atoms with Crippen molar-refractivity contribution in [3.63, 3.8) is 0 Å². The van der Waals surface area contributed by atoms with Crippen LogP contribution in [0, 0.1) is 0 Å². The zero-order chi connectivity index (χ0) is 14.6. The van der Waals surface area contributed by atoms with Crippen LogP contribution in [0.1, 0.15) is 11.1 Å². The van der Waals surface area contributed by atoms with Gasteiger partial charge in [-0.1, -0.05) is 24.3 Å². The zero-order valence-corrected chi connectivity index (χ0v) is 12.3. The third-order valence-electron chi connectivity index (χ3n) is 3.57. The standard InChI is InChI=1S/C15H22N2O3/c1-17(2)9-8-16-15(14(18)19-3)11-20-10-12-6-4-5-7-13(12)15/h4-7,16H,8-11H2,1-3H3. The van der Waals surface area contributed by atoms with Crippen molar-refractivity contribution in [2.24, 2.45) is 0 Å². The SMILES string of the molecule is COC(=O)C1(NCCN(C)C)COCc2ccccc21. The molecule has 1 aliphatic rings. The van der Waals surface area contributed by atoms with Crippen molar-refractivity contribution >= 4 is 5.97 Å². The van der Waals surface area contributed by atoms with Crippen molar-refractivity contribution in [2.75, 3.05) is 40.9 Å². The molecule has 1 aromatic carbocycles. The van der Waals surface area contributed by atoms with Crippen LogP contribution in [0.15, 0.2) is 24.3 Å². The quantitative estimate of drug-likeness (QED) is 0.805. The minimum Gasteiger partial charge on any atom is -0.467 e. The number of methoxy groups -OCH3 is 1. The van der Waals surface area contributed by atoms with Gasteiger partial charge in [0.05, 0.1) is 20.3 Å². The third kappa shape index (κ3) is 2.85. The molecule has 0 radical (unpaired) electrons. The summed E-state index contributed by atoms with van der Waals surface area (Å²) in [5.74, 6) is -0.302. The molecule has 0 saturated carbocycles. The van der Waals surface area contributed by atoms with E-state index in [1.807, 2.05) is 38.4 Å². The van der Waals surface area contributed by atoms with Gasteiger partial charge in [0.1, 0.15) is 0 Å². The molecule has 0 fully saturated rings. The highest BCUT2D eigenvalue weighted by Gasteiger charge is 2.45. The Hall–Kier alpha value is -1.43. The van der Waals surface area contributed by atoms with Crippen LogP contribution in [0.2, 0.25) is 0 Å². The van der Waals surface area contributed by atoms with Crippen molar-refractivity contribution in [1.29, 1.82) is 0 Å². The maximum Gasteiger partial charge on any atom is 0.333 e. The van der Waals surface area contributed by atoms with Gasteiger partial charge in [-0.3, -0.25) is 5.32 Å². The fraction of sp³-hybridized carbons (Fsp3) is 0.533. The van der Waals surface area contributed by atoms with Crippen LogP contribution in [-0.2, 0) is 26.4 Å². The highest BCUT2D eigenvalue weighted by atomic mass is 16.5. The maximum absolute atomic E-state index is 12.3. The number of nitrogens with one attached hydrogen (secondary N) is 1. The lowest BCUT2D eigenvalue weighted by Crippen LogP contribution is -2.56. The van der Waals surface area contributed by atoms with Crippen LogP contribution >= 0.6 is 0 Å². The van der Waals surface area contributed by atoms with Crippen LogP contribution in [0.25, 0.3) is 0 Å². The topological polar surface area (TPSA) is 50.8 Å². The molecule has 5 nitrogen and oxygen atoms in total. The van der Waals surface area contributed by atoms with Crippen molar-refractivity contribution in [3.8, 4) is 0 Å². The van der Waals surface area contributed by atoms with Gasteiger partial charge < -0.3 is 14.4 Å². The van der Waals surface area contributed by atoms with Crippen molar-refractivity contribution in [2.45, 2.75) is 12.1 Å². The normalized spacial score (nSPS) is 21.6. The highest BCUT2D eigenvalue weighted by Crippen LogP contribution is 2.31. The maximum atomic E-state index is 12.3. The molecular formula is C15H22N2O3. The first-order chi connectivity index (χ1) is 9.60. The fourth-order valence-electron chi connectivity index (χ4n) is 2.51. The van der Waals surface area contributed by atoms with Gasteiger partial charge in [0.2, 0.25) is 0 Å². The van der Waals surface area contributed by atoms with Gasteiger partial charge in [0.25, 0.3) is 0 Å². The first kappa shape index (κ1) is 15.0. The monoisotopic (exact) mass is 278 g/mol. The van der Waals surface area contributed by atoms with E-state index < -0.39 is 5.54 Å². The molecule has 20 heavy (non-hydrogen) atoms. The number of carbonyl (C=O) groups is 1. The smallest absolute Gasteiger partial charge is 0.333 e. The number of likely N-dealkylation sites (N-methyl/N-ethyl adjacent to an activating group) is 1. The molecule has 0 amide bonds. The van der Waals surface area contributed by atoms with E-state index >= 15 is 0 Å². The number of benzene rings is 1. The number of nitrogens with zero attached hydrogens (tertiary/aromatic N) is 1. The average Bonchev–Trinajstić information content (AvgIpc) is 2.46. The number of ether oxygens (including phenoxy) is 2. The van der Waals surface area contributed by atoms with E-state index in [1.165, 1.54) is 7.11 Å². The first-order valence-electron chi connectivity index (χ1n) is 6.74. The lowest BCUT2D eigenvalue weighted by Gasteiger charge is -2.37. The van der Waals surface area contributed by atoms with Gasteiger partial charge in [0.15, 0.2) is 5.54 Å². The summed E-state index contributed by atoms with van der Waals surface area (Å²) in [6, 6.07) is 7.85. The molecule has 1 heterocycles. The van der Waals surface area contributed by atoms with E-state index in [1.54, 1.807) is 0 Å². The van der Waals surface area contributed by atoms with Gasteiger partial charge >= 0.3 is 5.97 Å². The van der Waals surface area contributed by atoms with E-state index in [-0.39, 0.29) is 5.97 Å². The molecule has 1 aromatic rings. The molecule has 1 N–H and O–H groups in total. The molecule has 0 saturated heterocycles. The Morgan fingerprint density at radius 1 is 1.45 bits per heavy atom. The molecule has 1 unspecified atom stereocenters. The largest absolute Gasteiger partial charge is 0.467 e. The summed E-state index contributed by atoms with van der Waals surface area (Å²) in [6.45, 7) is 2.34. The van der Waals surface area contributed by atoms with Gasteiger partial charge in [-0.15, -0.1) is 0 Å². The van der Waals surface area contributed by atoms with E-state index in [4.69, 9.17) is 9.47 Å². The zero-order valence-electron chi connectivity index (χ0n) is 12.3. The molecular weight excluding hydrogens is 256 g/mol. The minimum atomic E-state index is -0.903. The molecule has 1 atom stereocenters. The van der Waals surface area contributed by atoms with Gasteiger partial charge in [0, 0.05) is 13.1 Å². The number of carbonyl (C=O) groups excluding carboxylic acids is 1. The Kier molecular flexibility index (Phi) is 4.75. The summed E-state index contributed by atoms with van der Waals surface area (Å²) >= 11 is 0. The highest BCUT2D eigenvalue weighted by molar-refractivity contribution is 5.83. The Morgan fingerprint density at radius 3 is 2.90 bits per heavy atom. The van der Waals surface area contributed by atoms with Crippen LogP contribution in [0.3, 0.4) is 0 Å². The van der Waals surface area contributed by atoms with E-state index in [9.17, 15) is 4.79 Å². The number of esters is 1. The Labute approximate surface area is 119 Å². The fourth-order valence-corrected chi connectivity index (χ4v) is 2.51. The molecule has 110 valence electrons. The summed E-state index contributed by atoms with van der Waals surface area (Å²) in [6.07, 6.45) is 0. The molecule has 0 spiro atoms. The second kappa shape index (κ2) is 6.35. The number of rotatable bonds is 5. The van der Waals surface area contributed by atoms with Gasteiger partial charge in [-0.05, 0) is 25.2 Å². The second-order valence-electron chi connectivity index (χ2n) is 5.28. The number of hydrogen-bond donors (Lipinski definition) is 1. The molecule has 2 rings (SSSR count). The Balaban J connectivity index is 2.31. The first-order valence-corrected chi connectivity index (χ1v) is 6.74. The minimum absolute atomic E-state index is 0.296. The second-order valence-corrected chi connectivity index (χ2v) is 5.28. The molecule has 5 heteroatoms. The van der Waals surface area contributed by atoms with E-state index in [0.717, 1.165) is 17.7 Å². The average molecular weight is 278 g/mol. The lowest BCUT2D eigenvalue weighted by molar-refractivity contribution is -0.153. The van der Waals surface area contributed by atoms with Crippen LogP contribution in [-0.4, -0.2) is 51.8 Å². The summed E-state index contributed by atoms with van der Waals surface area (Å²) in [4.78, 5) is 14.4. The summed E-state index contributed by atoms with van der Waals surface area (Å²) < 4.78 is 10.6. The van der Waals surface area contributed by atoms with Crippen LogP contribution in [0.5, 0.6) is 0 Å². The van der Waals surface area contributed by atoms with Crippen molar-refractivity contribution in [1.82, 2.24) is 10.2 Å². The summed E-state index contributed by atoms with van der Waals surface area (Å²) in [5.41, 5.74) is 1.08. The van der Waals surface area contributed by atoms with Crippen LogP contribution in [0.4, 0.5) is 0 Å². The van der Waals surface area contributed by atoms with Gasteiger partial charge in [-0.2, -0.15) is 0 Å². The Bertz CT molecular complexity index is 476. The lowest BCUT2D eigenvalue weighted by atomic mass is 9.85. The van der Waals surface area contributed by atoms with E-state index in [2.05, 4.69) is 10.2 Å². The number of hydrogen-bond acceptors (Lipinski definition) is 5. The van der Waals surface area contributed by atoms with Gasteiger partial charge in [-0.25, -0.2) is 4.79 Å². The summed E-state index contributed by atoms with van der Waals surface area (Å²) in [5, 5.41) is 3.33. The van der Waals surface area contributed by atoms with E-state index in [0.29, 0.717) is 19.8 Å². The predicted molar refractivity (Wildman–Crippen MR) is 76.3 cm³/mol. The third-order valence-corrected chi connectivity index (χ3v) is 3.57. The molecule has 0 aromatic heterocycles. The Morgan fingerprint density at radius 2 is 2.20 bits per heavy atom. The van der Waals surface area contributed by atoms with Crippen LogP contribution < -0.4 is 5.32 Å². The van der Waals surface area contributed by atoms with Crippen molar-refractivity contribution < 1.29 is 14.3 Å². The van der Waals surface area contributed by atoms with Crippen molar-refractivity contribution in [3.05, 3.63) is 35.4 Å².